The molecule has 0 fully saturated rings. The van der Waals surface area contributed by atoms with Gasteiger partial charge in [0.25, 0.3) is 0 Å². The Morgan fingerprint density at radius 2 is 1.60 bits per heavy atom. The number of nitro groups is 1. The predicted molar refractivity (Wildman–Crippen MR) is 113 cm³/mol. The van der Waals surface area contributed by atoms with E-state index in [0.717, 1.165) is 38.5 Å². The summed E-state index contributed by atoms with van der Waals surface area (Å²) in [5, 5.41) is 29.2. The van der Waals surface area contributed by atoms with Gasteiger partial charge in [0.15, 0.2) is 5.75 Å². The molecule has 0 aliphatic rings. The number of esters is 1. The van der Waals surface area contributed by atoms with Crippen LogP contribution in [0.2, 0.25) is 0 Å². The maximum Gasteiger partial charge on any atom is 0.488 e. The number of hydrogen-bond donors (Lipinski definition) is 2. The highest BCUT2D eigenvalue weighted by Crippen LogP contribution is 2.25. The van der Waals surface area contributed by atoms with Crippen LogP contribution in [0.4, 0.5) is 5.69 Å². The lowest BCUT2D eigenvalue weighted by Crippen LogP contribution is -2.30. The number of benzene rings is 2. The number of unbranched alkanes of at least 4 members (excludes halogenated alkanes) is 5. The van der Waals surface area contributed by atoms with Crippen LogP contribution in [0.3, 0.4) is 0 Å². The third-order valence-electron chi connectivity index (χ3n) is 4.51. The Hall–Kier alpha value is -2.91. The lowest BCUT2D eigenvalue weighted by Gasteiger charge is -2.07. The van der Waals surface area contributed by atoms with Crippen LogP contribution in [0.25, 0.3) is 0 Å². The summed E-state index contributed by atoms with van der Waals surface area (Å²) in [4.78, 5) is 22.4. The first-order valence-corrected chi connectivity index (χ1v) is 9.98. The Morgan fingerprint density at radius 3 is 2.30 bits per heavy atom. The van der Waals surface area contributed by atoms with Crippen LogP contribution < -0.4 is 10.2 Å². The van der Waals surface area contributed by atoms with E-state index in [1.165, 1.54) is 18.2 Å². The van der Waals surface area contributed by atoms with Crippen LogP contribution in [0.1, 0.15) is 48.9 Å². The zero-order chi connectivity index (χ0) is 21.8. The van der Waals surface area contributed by atoms with Crippen LogP contribution in [-0.2, 0) is 4.74 Å². The first-order chi connectivity index (χ1) is 14.5. The number of nitro benzene ring substituents is 1. The van der Waals surface area contributed by atoms with Gasteiger partial charge in [-0.3, -0.25) is 10.1 Å². The first kappa shape index (κ1) is 23.4. The zero-order valence-electron chi connectivity index (χ0n) is 16.7. The van der Waals surface area contributed by atoms with E-state index in [-0.39, 0.29) is 11.2 Å². The van der Waals surface area contributed by atoms with Gasteiger partial charge in [0.2, 0.25) is 0 Å². The number of hydrogen-bond acceptors (Lipinski definition) is 7. The molecule has 0 spiro atoms. The summed E-state index contributed by atoms with van der Waals surface area (Å²) in [6, 6.07) is 12.4. The average molecular weight is 415 g/mol. The Kier molecular flexibility index (Phi) is 9.83. The number of ether oxygens (including phenoxy) is 2. The first-order valence-electron chi connectivity index (χ1n) is 9.98. The molecule has 0 atom stereocenters. The summed E-state index contributed by atoms with van der Waals surface area (Å²) < 4.78 is 10.7. The van der Waals surface area contributed by atoms with Gasteiger partial charge in [0.05, 0.1) is 23.7 Å². The minimum Gasteiger partial charge on any atom is -0.487 e. The van der Waals surface area contributed by atoms with Crippen molar-refractivity contribution in [2.45, 2.75) is 38.5 Å². The molecule has 2 aromatic carbocycles. The summed E-state index contributed by atoms with van der Waals surface area (Å²) in [6.45, 7) is 0.746. The van der Waals surface area contributed by atoms with E-state index in [0.29, 0.717) is 24.5 Å². The quantitative estimate of drug-likeness (QED) is 0.170. The Bertz CT molecular complexity index is 829. The van der Waals surface area contributed by atoms with Crippen molar-refractivity contribution in [1.29, 1.82) is 0 Å². The second kappa shape index (κ2) is 12.6. The maximum absolute atomic E-state index is 12.0. The summed E-state index contributed by atoms with van der Waals surface area (Å²) in [6.07, 6.45) is 5.44. The third-order valence-corrected chi connectivity index (χ3v) is 4.51. The predicted octanol–water partition coefficient (Wildman–Crippen LogP) is 2.85. The Morgan fingerprint density at radius 1 is 0.933 bits per heavy atom. The van der Waals surface area contributed by atoms with Crippen molar-refractivity contribution < 1.29 is 29.2 Å². The third kappa shape index (κ3) is 7.84. The van der Waals surface area contributed by atoms with E-state index < -0.39 is 18.0 Å². The molecule has 0 unspecified atom stereocenters. The monoisotopic (exact) mass is 415 g/mol. The van der Waals surface area contributed by atoms with E-state index in [1.807, 2.05) is 0 Å². The number of carbonyl (C=O) groups is 1. The summed E-state index contributed by atoms with van der Waals surface area (Å²) in [5.74, 6) is -0.187. The van der Waals surface area contributed by atoms with E-state index in [2.05, 4.69) is 0 Å². The molecule has 0 radical (unpaired) electrons. The minimum atomic E-state index is -1.62. The van der Waals surface area contributed by atoms with Crippen LogP contribution in [0.5, 0.6) is 5.75 Å². The molecule has 0 heterocycles. The fourth-order valence-corrected chi connectivity index (χ4v) is 2.90. The molecule has 2 N–H and O–H groups in total. The average Bonchev–Trinajstić information content (AvgIpc) is 2.75. The van der Waals surface area contributed by atoms with Crippen LogP contribution >= 0.6 is 0 Å². The molecule has 0 aromatic heterocycles. The molecular weight excluding hydrogens is 389 g/mol. The van der Waals surface area contributed by atoms with Crippen molar-refractivity contribution in [2.24, 2.45) is 0 Å². The lowest BCUT2D eigenvalue weighted by atomic mass is 9.80. The largest absolute Gasteiger partial charge is 0.488 e. The zero-order valence-corrected chi connectivity index (χ0v) is 16.7. The van der Waals surface area contributed by atoms with Gasteiger partial charge in [-0.1, -0.05) is 49.9 Å². The molecule has 8 nitrogen and oxygen atoms in total. The van der Waals surface area contributed by atoms with E-state index in [9.17, 15) is 14.9 Å². The maximum atomic E-state index is 12.0. The van der Waals surface area contributed by atoms with Gasteiger partial charge < -0.3 is 19.5 Å². The highest BCUT2D eigenvalue weighted by atomic mass is 16.6. The van der Waals surface area contributed by atoms with Crippen LogP contribution in [0.15, 0.2) is 48.5 Å². The molecule has 0 aliphatic heterocycles. The standard InChI is InChI=1S/C21H26BNO7/c24-21(17-10-9-11-18(16-17)22(25)26)30-15-8-4-2-1-3-7-14-29-20-13-6-5-12-19(20)23(27)28/h5-6,9-13,16,25-26H,1-4,7-8,14-15H2. The van der Waals surface area contributed by atoms with Gasteiger partial charge in [-0.25, -0.2) is 4.79 Å². The Labute approximate surface area is 175 Å². The normalized spacial score (nSPS) is 10.5. The van der Waals surface area contributed by atoms with Crippen molar-refractivity contribution in [1.82, 2.24) is 0 Å². The molecule has 2 aromatic rings. The molecule has 0 amide bonds. The lowest BCUT2D eigenvalue weighted by molar-refractivity contribution is -0.385. The second-order valence-electron chi connectivity index (χ2n) is 6.83. The molecule has 2 rings (SSSR count). The van der Waals surface area contributed by atoms with Gasteiger partial charge in [-0.05, 0) is 36.5 Å². The minimum absolute atomic E-state index is 0.0219. The molecule has 0 bridgehead atoms. The highest BCUT2D eigenvalue weighted by Gasteiger charge is 2.14. The number of carbonyl (C=O) groups excluding carboxylic acids is 1. The van der Waals surface area contributed by atoms with Crippen molar-refractivity contribution in [2.75, 3.05) is 13.2 Å². The smallest absolute Gasteiger partial charge is 0.487 e. The number of nitrogens with zero attached hydrogens (tertiary/aromatic N) is 1. The summed E-state index contributed by atoms with van der Waals surface area (Å²) in [5.41, 5.74) is 0.515. The van der Waals surface area contributed by atoms with Gasteiger partial charge in [-0.15, -0.1) is 0 Å². The highest BCUT2D eigenvalue weighted by molar-refractivity contribution is 6.58. The second-order valence-corrected chi connectivity index (χ2v) is 6.83. The molecule has 9 heteroatoms. The SMILES string of the molecule is O=C(OCCCCCCCCOc1ccccc1[N+](=O)[O-])c1cccc(B(O)O)c1. The van der Waals surface area contributed by atoms with Crippen LogP contribution in [0, 0.1) is 10.1 Å². The molecule has 0 saturated heterocycles. The van der Waals surface area contributed by atoms with Crippen molar-refractivity contribution in [3.05, 3.63) is 64.2 Å². The topological polar surface area (TPSA) is 119 Å². The Balaban J connectivity index is 1.52. The number of rotatable bonds is 13. The van der Waals surface area contributed by atoms with E-state index in [4.69, 9.17) is 19.5 Å². The molecule has 0 saturated carbocycles. The van der Waals surface area contributed by atoms with Crippen molar-refractivity contribution >= 4 is 24.2 Å². The fourth-order valence-electron chi connectivity index (χ4n) is 2.90. The van der Waals surface area contributed by atoms with E-state index >= 15 is 0 Å². The van der Waals surface area contributed by atoms with Gasteiger partial charge in [-0.2, -0.15) is 0 Å². The van der Waals surface area contributed by atoms with Gasteiger partial charge >= 0.3 is 18.8 Å². The van der Waals surface area contributed by atoms with E-state index in [1.54, 1.807) is 30.3 Å². The van der Waals surface area contributed by atoms with Gasteiger partial charge in [0, 0.05) is 6.07 Å². The molecule has 30 heavy (non-hydrogen) atoms. The van der Waals surface area contributed by atoms with Crippen molar-refractivity contribution in [3.8, 4) is 5.75 Å². The van der Waals surface area contributed by atoms with Gasteiger partial charge in [0.1, 0.15) is 0 Å². The molecular formula is C21H26BNO7. The molecule has 160 valence electrons. The summed E-state index contributed by atoms with van der Waals surface area (Å²) >= 11 is 0. The molecule has 0 aliphatic carbocycles. The van der Waals surface area contributed by atoms with Crippen molar-refractivity contribution in [3.63, 3.8) is 0 Å². The number of para-hydroxylation sites is 2. The fraction of sp³-hybridized carbons (Fsp3) is 0.381. The van der Waals surface area contributed by atoms with Crippen LogP contribution in [-0.4, -0.2) is 41.3 Å². The summed E-state index contributed by atoms with van der Waals surface area (Å²) in [7, 11) is -1.62.